The van der Waals surface area contributed by atoms with Crippen LogP contribution in [0.4, 0.5) is 13.2 Å². The smallest absolute Gasteiger partial charge is 0.308 e. The number of pyridine rings is 1. The van der Waals surface area contributed by atoms with Gasteiger partial charge in [0.1, 0.15) is 0 Å². The largest absolute Gasteiger partial charge is 0.417 e. The molecule has 1 unspecified atom stereocenters. The molecule has 0 aliphatic heterocycles. The third kappa shape index (κ3) is 2.82. The summed E-state index contributed by atoms with van der Waals surface area (Å²) in [6, 6.07) is 2.16. The van der Waals surface area contributed by atoms with E-state index in [-0.39, 0.29) is 6.04 Å². The van der Waals surface area contributed by atoms with Gasteiger partial charge < -0.3 is 5.32 Å². The fourth-order valence-corrected chi connectivity index (χ4v) is 1.39. The lowest BCUT2D eigenvalue weighted by molar-refractivity contribution is -0.137. The Bertz CT molecular complexity index is 368. The third-order valence-electron chi connectivity index (χ3n) is 2.19. The Kier molecular flexibility index (Phi) is 3.70. The van der Waals surface area contributed by atoms with Crippen molar-refractivity contribution in [2.45, 2.75) is 19.1 Å². The molecule has 2 nitrogen and oxygen atoms in total. The quantitative estimate of drug-likeness (QED) is 0.807. The SMILES string of the molecule is C=C(C)C(NC)c1ccc(C(F)(F)F)cn1. The van der Waals surface area contributed by atoms with Gasteiger partial charge in [-0.15, -0.1) is 0 Å². The van der Waals surface area contributed by atoms with Gasteiger partial charge in [-0.25, -0.2) is 0 Å². The molecule has 0 aliphatic rings. The summed E-state index contributed by atoms with van der Waals surface area (Å²) in [5.74, 6) is 0. The summed E-state index contributed by atoms with van der Waals surface area (Å²) in [6.45, 7) is 5.54. The zero-order valence-corrected chi connectivity index (χ0v) is 9.10. The van der Waals surface area contributed by atoms with Crippen molar-refractivity contribution in [3.8, 4) is 0 Å². The molecule has 0 aromatic carbocycles. The van der Waals surface area contributed by atoms with Gasteiger partial charge >= 0.3 is 6.18 Å². The number of halogens is 3. The molecule has 1 aromatic heterocycles. The zero-order valence-electron chi connectivity index (χ0n) is 9.10. The number of hydrogen-bond acceptors (Lipinski definition) is 2. The first kappa shape index (κ1) is 12.7. The summed E-state index contributed by atoms with van der Waals surface area (Å²) in [7, 11) is 1.71. The summed E-state index contributed by atoms with van der Waals surface area (Å²) in [5.41, 5.74) is 0.588. The molecular formula is C11H13F3N2. The first-order chi connectivity index (χ1) is 7.36. The van der Waals surface area contributed by atoms with Crippen molar-refractivity contribution >= 4 is 0 Å². The Morgan fingerprint density at radius 2 is 2.06 bits per heavy atom. The highest BCUT2D eigenvalue weighted by Gasteiger charge is 2.30. The lowest BCUT2D eigenvalue weighted by Gasteiger charge is -2.16. The molecule has 0 radical (unpaired) electrons. The summed E-state index contributed by atoms with van der Waals surface area (Å²) in [4.78, 5) is 3.79. The van der Waals surface area contributed by atoms with Crippen molar-refractivity contribution in [3.05, 3.63) is 41.7 Å². The maximum Gasteiger partial charge on any atom is 0.417 e. The van der Waals surface area contributed by atoms with Crippen LogP contribution in [0, 0.1) is 0 Å². The summed E-state index contributed by atoms with van der Waals surface area (Å²) in [5, 5.41) is 2.93. The number of nitrogens with one attached hydrogen (secondary N) is 1. The van der Waals surface area contributed by atoms with E-state index in [0.29, 0.717) is 5.69 Å². The van der Waals surface area contributed by atoms with E-state index in [0.717, 1.165) is 17.8 Å². The fraction of sp³-hybridized carbons (Fsp3) is 0.364. The molecule has 0 saturated heterocycles. The Balaban J connectivity index is 2.98. The molecule has 0 spiro atoms. The third-order valence-corrected chi connectivity index (χ3v) is 2.19. The molecular weight excluding hydrogens is 217 g/mol. The van der Waals surface area contributed by atoms with E-state index in [1.807, 2.05) is 0 Å². The second-order valence-corrected chi connectivity index (χ2v) is 3.54. The number of likely N-dealkylation sites (N-methyl/N-ethyl adjacent to an activating group) is 1. The summed E-state index contributed by atoms with van der Waals surface area (Å²) >= 11 is 0. The second kappa shape index (κ2) is 4.65. The Hall–Kier alpha value is -1.36. The topological polar surface area (TPSA) is 24.9 Å². The van der Waals surface area contributed by atoms with Crippen LogP contribution in [0.3, 0.4) is 0 Å². The maximum absolute atomic E-state index is 12.3. The summed E-state index contributed by atoms with van der Waals surface area (Å²) < 4.78 is 36.9. The molecule has 0 amide bonds. The number of aromatic nitrogens is 1. The van der Waals surface area contributed by atoms with Gasteiger partial charge in [0.25, 0.3) is 0 Å². The Morgan fingerprint density at radius 3 is 2.38 bits per heavy atom. The molecule has 1 heterocycles. The van der Waals surface area contributed by atoms with Crippen LogP contribution in [-0.2, 0) is 6.18 Å². The highest BCUT2D eigenvalue weighted by molar-refractivity contribution is 5.23. The van der Waals surface area contributed by atoms with Gasteiger partial charge in [-0.1, -0.05) is 12.2 Å². The lowest BCUT2D eigenvalue weighted by atomic mass is 10.1. The zero-order chi connectivity index (χ0) is 12.3. The van der Waals surface area contributed by atoms with Gasteiger partial charge in [0.15, 0.2) is 0 Å². The monoisotopic (exact) mass is 230 g/mol. The molecule has 1 atom stereocenters. The minimum atomic E-state index is -4.34. The van der Waals surface area contributed by atoms with Crippen molar-refractivity contribution in [2.75, 3.05) is 7.05 Å². The predicted molar refractivity (Wildman–Crippen MR) is 55.9 cm³/mol. The number of hydrogen-bond donors (Lipinski definition) is 1. The second-order valence-electron chi connectivity index (χ2n) is 3.54. The first-order valence-corrected chi connectivity index (χ1v) is 4.72. The van der Waals surface area contributed by atoms with E-state index in [2.05, 4.69) is 16.9 Å². The normalized spacial score (nSPS) is 13.6. The molecule has 0 aliphatic carbocycles. The van der Waals surface area contributed by atoms with Crippen LogP contribution in [0.1, 0.15) is 24.2 Å². The molecule has 88 valence electrons. The van der Waals surface area contributed by atoms with E-state index in [9.17, 15) is 13.2 Å². The average molecular weight is 230 g/mol. The van der Waals surface area contributed by atoms with Gasteiger partial charge in [0, 0.05) is 6.20 Å². The molecule has 16 heavy (non-hydrogen) atoms. The lowest BCUT2D eigenvalue weighted by Crippen LogP contribution is -2.18. The predicted octanol–water partition coefficient (Wildman–Crippen LogP) is 2.94. The fourth-order valence-electron chi connectivity index (χ4n) is 1.39. The van der Waals surface area contributed by atoms with Crippen molar-refractivity contribution < 1.29 is 13.2 Å². The van der Waals surface area contributed by atoms with Crippen molar-refractivity contribution in [2.24, 2.45) is 0 Å². The number of alkyl halides is 3. The molecule has 0 bridgehead atoms. The highest BCUT2D eigenvalue weighted by atomic mass is 19.4. The number of nitrogens with zero attached hydrogens (tertiary/aromatic N) is 1. The van der Waals surface area contributed by atoms with Crippen LogP contribution in [0.5, 0.6) is 0 Å². The Labute approximate surface area is 92.2 Å². The van der Waals surface area contributed by atoms with Crippen molar-refractivity contribution in [1.29, 1.82) is 0 Å². The average Bonchev–Trinajstić information content (AvgIpc) is 2.17. The van der Waals surface area contributed by atoms with E-state index in [1.165, 1.54) is 6.07 Å². The van der Waals surface area contributed by atoms with E-state index in [1.54, 1.807) is 14.0 Å². The highest BCUT2D eigenvalue weighted by Crippen LogP contribution is 2.29. The standard InChI is InChI=1S/C11H13F3N2/c1-7(2)10(15-3)9-5-4-8(6-16-9)11(12,13)14/h4-6,10,15H,1H2,2-3H3. The molecule has 1 rings (SSSR count). The van der Waals surface area contributed by atoms with Crippen molar-refractivity contribution in [3.63, 3.8) is 0 Å². The van der Waals surface area contributed by atoms with Gasteiger partial charge in [0.2, 0.25) is 0 Å². The van der Waals surface area contributed by atoms with Crippen molar-refractivity contribution in [1.82, 2.24) is 10.3 Å². The van der Waals surface area contributed by atoms with Crippen LogP contribution in [0.2, 0.25) is 0 Å². The van der Waals surface area contributed by atoms with Crippen LogP contribution in [-0.4, -0.2) is 12.0 Å². The van der Waals surface area contributed by atoms with Gasteiger partial charge in [-0.05, 0) is 26.1 Å². The van der Waals surface area contributed by atoms with Crippen LogP contribution in [0.15, 0.2) is 30.5 Å². The van der Waals surface area contributed by atoms with Gasteiger partial charge in [0.05, 0.1) is 17.3 Å². The van der Waals surface area contributed by atoms with Gasteiger partial charge in [-0.2, -0.15) is 13.2 Å². The van der Waals surface area contributed by atoms with Crippen LogP contribution >= 0.6 is 0 Å². The van der Waals surface area contributed by atoms with E-state index in [4.69, 9.17) is 0 Å². The van der Waals surface area contributed by atoms with Gasteiger partial charge in [-0.3, -0.25) is 4.98 Å². The molecule has 1 N–H and O–H groups in total. The van der Waals surface area contributed by atoms with Crippen LogP contribution < -0.4 is 5.32 Å². The first-order valence-electron chi connectivity index (χ1n) is 4.72. The Morgan fingerprint density at radius 1 is 1.44 bits per heavy atom. The minimum absolute atomic E-state index is 0.220. The number of rotatable bonds is 3. The van der Waals surface area contributed by atoms with Crippen LogP contribution in [0.25, 0.3) is 0 Å². The molecule has 1 aromatic rings. The summed E-state index contributed by atoms with van der Waals surface area (Å²) in [6.07, 6.45) is -3.51. The maximum atomic E-state index is 12.3. The molecule has 0 saturated carbocycles. The van der Waals surface area contributed by atoms with E-state index >= 15 is 0 Å². The molecule has 5 heteroatoms. The molecule has 0 fully saturated rings. The minimum Gasteiger partial charge on any atom is -0.308 e. The van der Waals surface area contributed by atoms with E-state index < -0.39 is 11.7 Å².